The fraction of sp³-hybridized carbons (Fsp3) is 0.400. The topological polar surface area (TPSA) is 86.7 Å². The molecule has 1 heterocycles. The molecule has 0 radical (unpaired) electrons. The molecule has 112 valence electrons. The molecule has 2 rings (SSSR count). The van der Waals surface area contributed by atoms with Crippen molar-refractivity contribution in [3.63, 3.8) is 0 Å². The maximum Gasteiger partial charge on any atom is 0.322 e. The third kappa shape index (κ3) is 3.59. The van der Waals surface area contributed by atoms with Gasteiger partial charge >= 0.3 is 5.97 Å². The first-order valence-corrected chi connectivity index (χ1v) is 6.90. The van der Waals surface area contributed by atoms with Crippen LogP contribution in [-0.4, -0.2) is 36.0 Å². The van der Waals surface area contributed by atoms with E-state index >= 15 is 0 Å². The number of nitrogens with one attached hydrogen (secondary N) is 1. The molecule has 1 saturated heterocycles. The van der Waals surface area contributed by atoms with Gasteiger partial charge in [0.1, 0.15) is 6.54 Å². The minimum absolute atomic E-state index is 0.112. The number of hydrogen-bond acceptors (Lipinski definition) is 3. The van der Waals surface area contributed by atoms with Crippen molar-refractivity contribution in [1.29, 1.82) is 0 Å². The van der Waals surface area contributed by atoms with Crippen molar-refractivity contribution in [3.8, 4) is 0 Å². The van der Waals surface area contributed by atoms with Gasteiger partial charge in [0, 0.05) is 18.7 Å². The summed E-state index contributed by atoms with van der Waals surface area (Å²) < 4.78 is 0. The molecule has 6 nitrogen and oxygen atoms in total. The SMILES string of the molecule is CCc1ccc(N2CC(C(=O)NCC(=O)O)CC2=O)cc1. The normalized spacial score (nSPS) is 17.9. The lowest BCUT2D eigenvalue weighted by atomic mass is 10.1. The average molecular weight is 290 g/mol. The summed E-state index contributed by atoms with van der Waals surface area (Å²) in [4.78, 5) is 35.8. The minimum atomic E-state index is -1.10. The maximum atomic E-state index is 12.0. The Labute approximate surface area is 122 Å². The molecule has 1 aromatic carbocycles. The van der Waals surface area contributed by atoms with Crippen LogP contribution < -0.4 is 10.2 Å². The molecule has 1 aromatic rings. The molecule has 2 amide bonds. The number of aryl methyl sites for hydroxylation is 1. The largest absolute Gasteiger partial charge is 0.480 e. The van der Waals surface area contributed by atoms with Crippen molar-refractivity contribution in [3.05, 3.63) is 29.8 Å². The summed E-state index contributed by atoms with van der Waals surface area (Å²) in [5.41, 5.74) is 1.95. The van der Waals surface area contributed by atoms with E-state index in [4.69, 9.17) is 5.11 Å². The second kappa shape index (κ2) is 6.39. The van der Waals surface area contributed by atoms with E-state index in [0.717, 1.165) is 12.1 Å². The molecule has 1 unspecified atom stereocenters. The molecule has 0 aromatic heterocycles. The molecule has 1 atom stereocenters. The summed E-state index contributed by atoms with van der Waals surface area (Å²) in [5.74, 6) is -2.10. The first-order valence-electron chi connectivity index (χ1n) is 6.90. The Balaban J connectivity index is 2.01. The van der Waals surface area contributed by atoms with Crippen LogP contribution in [0, 0.1) is 5.92 Å². The number of benzene rings is 1. The standard InChI is InChI=1S/C15H18N2O4/c1-2-10-3-5-12(6-4-10)17-9-11(7-13(17)18)15(21)16-8-14(19)20/h3-6,11H,2,7-9H2,1H3,(H,16,21)(H,19,20). The van der Waals surface area contributed by atoms with Crippen molar-refractivity contribution in [1.82, 2.24) is 5.32 Å². The van der Waals surface area contributed by atoms with Crippen LogP contribution in [0.15, 0.2) is 24.3 Å². The van der Waals surface area contributed by atoms with Gasteiger partial charge in [0.25, 0.3) is 0 Å². The van der Waals surface area contributed by atoms with Gasteiger partial charge in [-0.15, -0.1) is 0 Å². The van der Waals surface area contributed by atoms with Crippen LogP contribution in [0.5, 0.6) is 0 Å². The van der Waals surface area contributed by atoms with E-state index in [0.29, 0.717) is 0 Å². The van der Waals surface area contributed by atoms with Crippen molar-refractivity contribution >= 4 is 23.5 Å². The molecular weight excluding hydrogens is 272 g/mol. The van der Waals surface area contributed by atoms with Crippen LogP contribution >= 0.6 is 0 Å². The van der Waals surface area contributed by atoms with Gasteiger partial charge in [0.15, 0.2) is 0 Å². The molecule has 1 aliphatic heterocycles. The molecule has 6 heteroatoms. The fourth-order valence-corrected chi connectivity index (χ4v) is 2.35. The predicted molar refractivity (Wildman–Crippen MR) is 76.9 cm³/mol. The van der Waals surface area contributed by atoms with E-state index < -0.39 is 24.3 Å². The second-order valence-corrected chi connectivity index (χ2v) is 5.04. The highest BCUT2D eigenvalue weighted by Crippen LogP contribution is 2.25. The Morgan fingerprint density at radius 3 is 2.57 bits per heavy atom. The quantitative estimate of drug-likeness (QED) is 0.840. The number of anilines is 1. The summed E-state index contributed by atoms with van der Waals surface area (Å²) in [6.45, 7) is 1.92. The third-order valence-corrected chi connectivity index (χ3v) is 3.57. The number of aliphatic carboxylic acids is 1. The number of nitrogens with zero attached hydrogens (tertiary/aromatic N) is 1. The average Bonchev–Trinajstić information content (AvgIpc) is 2.87. The lowest BCUT2D eigenvalue weighted by Gasteiger charge is -2.17. The van der Waals surface area contributed by atoms with Crippen molar-refractivity contribution < 1.29 is 19.5 Å². The maximum absolute atomic E-state index is 12.0. The lowest BCUT2D eigenvalue weighted by molar-refractivity contribution is -0.138. The first kappa shape index (κ1) is 15.0. The van der Waals surface area contributed by atoms with Crippen LogP contribution in [0.2, 0.25) is 0 Å². The van der Waals surface area contributed by atoms with E-state index in [2.05, 4.69) is 12.2 Å². The molecule has 0 saturated carbocycles. The number of hydrogen-bond donors (Lipinski definition) is 2. The van der Waals surface area contributed by atoms with Crippen molar-refractivity contribution in [2.75, 3.05) is 18.0 Å². The van der Waals surface area contributed by atoms with E-state index in [1.54, 1.807) is 4.90 Å². The molecular formula is C15H18N2O4. The molecule has 0 spiro atoms. The highest BCUT2D eigenvalue weighted by Gasteiger charge is 2.35. The van der Waals surface area contributed by atoms with Gasteiger partial charge in [-0.05, 0) is 24.1 Å². The van der Waals surface area contributed by atoms with E-state index in [1.165, 1.54) is 5.56 Å². The Bertz CT molecular complexity index is 553. The Morgan fingerprint density at radius 2 is 2.00 bits per heavy atom. The van der Waals surface area contributed by atoms with Gasteiger partial charge in [-0.3, -0.25) is 14.4 Å². The summed E-state index contributed by atoms with van der Waals surface area (Å²) in [6.07, 6.45) is 1.04. The third-order valence-electron chi connectivity index (χ3n) is 3.57. The zero-order chi connectivity index (χ0) is 15.4. The number of carbonyl (C=O) groups excluding carboxylic acids is 2. The number of carboxylic acids is 1. The smallest absolute Gasteiger partial charge is 0.322 e. The number of carboxylic acid groups (broad SMARTS) is 1. The number of amides is 2. The molecule has 1 aliphatic rings. The lowest BCUT2D eigenvalue weighted by Crippen LogP contribution is -2.36. The van der Waals surface area contributed by atoms with Gasteiger partial charge in [-0.2, -0.15) is 0 Å². The first-order chi connectivity index (χ1) is 10.0. The highest BCUT2D eigenvalue weighted by molar-refractivity contribution is 6.00. The predicted octanol–water partition coefficient (Wildman–Crippen LogP) is 0.803. The van der Waals surface area contributed by atoms with E-state index in [1.807, 2.05) is 24.3 Å². The summed E-state index contributed by atoms with van der Waals surface area (Å²) in [7, 11) is 0. The van der Waals surface area contributed by atoms with Gasteiger partial charge < -0.3 is 15.3 Å². The molecule has 21 heavy (non-hydrogen) atoms. The Hall–Kier alpha value is -2.37. The Morgan fingerprint density at radius 1 is 1.33 bits per heavy atom. The van der Waals surface area contributed by atoms with Crippen LogP contribution in [0.4, 0.5) is 5.69 Å². The number of rotatable bonds is 5. The van der Waals surface area contributed by atoms with Gasteiger partial charge in [-0.1, -0.05) is 19.1 Å². The summed E-state index contributed by atoms with van der Waals surface area (Å²) in [6, 6.07) is 7.66. The monoisotopic (exact) mass is 290 g/mol. The van der Waals surface area contributed by atoms with E-state index in [9.17, 15) is 14.4 Å². The zero-order valence-corrected chi connectivity index (χ0v) is 11.8. The van der Waals surface area contributed by atoms with E-state index in [-0.39, 0.29) is 18.9 Å². The van der Waals surface area contributed by atoms with Crippen molar-refractivity contribution in [2.24, 2.45) is 5.92 Å². The molecule has 1 fully saturated rings. The van der Waals surface area contributed by atoms with Gasteiger partial charge in [0.05, 0.1) is 5.92 Å². The van der Waals surface area contributed by atoms with Crippen LogP contribution in [0.3, 0.4) is 0 Å². The number of carbonyl (C=O) groups is 3. The molecule has 0 bridgehead atoms. The van der Waals surface area contributed by atoms with Gasteiger partial charge in [0.2, 0.25) is 11.8 Å². The fourth-order valence-electron chi connectivity index (χ4n) is 2.35. The van der Waals surface area contributed by atoms with Gasteiger partial charge in [-0.25, -0.2) is 0 Å². The van der Waals surface area contributed by atoms with Crippen LogP contribution in [-0.2, 0) is 20.8 Å². The minimum Gasteiger partial charge on any atom is -0.480 e. The van der Waals surface area contributed by atoms with Crippen molar-refractivity contribution in [2.45, 2.75) is 19.8 Å². The summed E-state index contributed by atoms with van der Waals surface area (Å²) in [5, 5.41) is 10.9. The Kier molecular flexibility index (Phi) is 4.57. The zero-order valence-electron chi connectivity index (χ0n) is 11.8. The van der Waals surface area contributed by atoms with Crippen LogP contribution in [0.1, 0.15) is 18.9 Å². The van der Waals surface area contributed by atoms with Crippen LogP contribution in [0.25, 0.3) is 0 Å². The summed E-state index contributed by atoms with van der Waals surface area (Å²) >= 11 is 0. The second-order valence-electron chi connectivity index (χ2n) is 5.04. The molecule has 0 aliphatic carbocycles. The molecule has 2 N–H and O–H groups in total. The highest BCUT2D eigenvalue weighted by atomic mass is 16.4.